The fourth-order valence-corrected chi connectivity index (χ4v) is 1.81. The summed E-state index contributed by atoms with van der Waals surface area (Å²) in [6, 6.07) is 5.93. The maximum Gasteiger partial charge on any atom is 0.323 e. The van der Waals surface area contributed by atoms with Gasteiger partial charge in [-0.15, -0.1) is 0 Å². The fraction of sp³-hybridized carbons (Fsp3) is 0.500. The quantitative estimate of drug-likeness (QED) is 0.449. The van der Waals surface area contributed by atoms with Crippen LogP contribution in [0, 0.1) is 10.1 Å². The molecule has 6 heteroatoms. The minimum Gasteiger partial charge on any atom is -0.465 e. The van der Waals surface area contributed by atoms with Crippen LogP contribution in [0.25, 0.3) is 0 Å². The molecule has 0 bridgehead atoms. The van der Waals surface area contributed by atoms with Gasteiger partial charge in [-0.2, -0.15) is 0 Å². The first-order valence-electron chi connectivity index (χ1n) is 6.71. The van der Waals surface area contributed by atoms with E-state index >= 15 is 0 Å². The van der Waals surface area contributed by atoms with E-state index in [9.17, 15) is 14.9 Å². The Morgan fingerprint density at radius 1 is 1.35 bits per heavy atom. The van der Waals surface area contributed by atoms with Gasteiger partial charge in [0, 0.05) is 18.7 Å². The second-order valence-corrected chi connectivity index (χ2v) is 4.40. The Labute approximate surface area is 118 Å². The summed E-state index contributed by atoms with van der Waals surface area (Å²) >= 11 is 0. The van der Waals surface area contributed by atoms with Crippen LogP contribution in [0.5, 0.6) is 0 Å². The van der Waals surface area contributed by atoms with Gasteiger partial charge in [0.2, 0.25) is 0 Å². The molecule has 1 N–H and O–H groups in total. The van der Waals surface area contributed by atoms with E-state index in [1.54, 1.807) is 19.1 Å². The molecular formula is C14H20N2O4. The maximum atomic E-state index is 11.7. The standard InChI is InChI=1S/C14H20N2O4/c1-3-5-13(14(17)20-4-2)15-10-11-6-8-12(9-7-11)16(18)19/h6-9,13,15H,3-5,10H2,1-2H3. The van der Waals surface area contributed by atoms with Crippen molar-refractivity contribution in [3.63, 3.8) is 0 Å². The molecule has 0 aromatic heterocycles. The Bertz CT molecular complexity index is 445. The van der Waals surface area contributed by atoms with Gasteiger partial charge in [-0.05, 0) is 18.9 Å². The highest BCUT2D eigenvalue weighted by Gasteiger charge is 2.17. The lowest BCUT2D eigenvalue weighted by atomic mass is 10.1. The highest BCUT2D eigenvalue weighted by Crippen LogP contribution is 2.12. The highest BCUT2D eigenvalue weighted by atomic mass is 16.6. The fourth-order valence-electron chi connectivity index (χ4n) is 1.81. The zero-order valence-electron chi connectivity index (χ0n) is 11.8. The van der Waals surface area contributed by atoms with Crippen molar-refractivity contribution >= 4 is 11.7 Å². The van der Waals surface area contributed by atoms with Gasteiger partial charge in [0.15, 0.2) is 0 Å². The molecule has 1 aromatic rings. The molecule has 0 spiro atoms. The van der Waals surface area contributed by atoms with E-state index in [1.807, 2.05) is 6.92 Å². The summed E-state index contributed by atoms with van der Waals surface area (Å²) in [7, 11) is 0. The number of carbonyl (C=O) groups excluding carboxylic acids is 1. The lowest BCUT2D eigenvalue weighted by molar-refractivity contribution is -0.384. The monoisotopic (exact) mass is 280 g/mol. The third-order valence-corrected chi connectivity index (χ3v) is 2.85. The smallest absolute Gasteiger partial charge is 0.323 e. The molecule has 1 unspecified atom stereocenters. The topological polar surface area (TPSA) is 81.5 Å². The molecule has 20 heavy (non-hydrogen) atoms. The molecule has 0 radical (unpaired) electrons. The first kappa shape index (κ1) is 16.1. The van der Waals surface area contributed by atoms with Crippen molar-refractivity contribution < 1.29 is 14.5 Å². The minimum atomic E-state index is -0.435. The zero-order valence-corrected chi connectivity index (χ0v) is 11.8. The summed E-state index contributed by atoms with van der Waals surface area (Å²) in [6.45, 7) is 4.61. The highest BCUT2D eigenvalue weighted by molar-refractivity contribution is 5.75. The van der Waals surface area contributed by atoms with E-state index in [1.165, 1.54) is 12.1 Å². The number of nitro groups is 1. The molecule has 6 nitrogen and oxygen atoms in total. The van der Waals surface area contributed by atoms with Crippen LogP contribution in [-0.4, -0.2) is 23.5 Å². The summed E-state index contributed by atoms with van der Waals surface area (Å²) in [5, 5.41) is 13.7. The van der Waals surface area contributed by atoms with Crippen molar-refractivity contribution in [2.24, 2.45) is 0 Å². The molecule has 0 aliphatic carbocycles. The SMILES string of the molecule is CCCC(NCc1ccc([N+](=O)[O-])cc1)C(=O)OCC. The number of hydrogen-bond acceptors (Lipinski definition) is 5. The van der Waals surface area contributed by atoms with Gasteiger partial charge < -0.3 is 10.1 Å². The number of hydrogen-bond donors (Lipinski definition) is 1. The molecule has 0 aliphatic rings. The Balaban J connectivity index is 2.58. The average Bonchev–Trinajstić information content (AvgIpc) is 2.44. The molecule has 0 aliphatic heterocycles. The van der Waals surface area contributed by atoms with E-state index in [-0.39, 0.29) is 17.7 Å². The first-order chi connectivity index (χ1) is 9.58. The number of nitrogens with one attached hydrogen (secondary N) is 1. The third kappa shape index (κ3) is 4.97. The zero-order chi connectivity index (χ0) is 15.0. The molecule has 0 amide bonds. The Morgan fingerprint density at radius 3 is 2.50 bits per heavy atom. The molecule has 110 valence electrons. The summed E-state index contributed by atoms with van der Waals surface area (Å²) in [5.41, 5.74) is 0.949. The Kier molecular flexibility index (Phi) is 6.66. The van der Waals surface area contributed by atoms with Crippen molar-refractivity contribution in [3.05, 3.63) is 39.9 Å². The number of ether oxygens (including phenoxy) is 1. The van der Waals surface area contributed by atoms with E-state index < -0.39 is 4.92 Å². The number of carbonyl (C=O) groups is 1. The van der Waals surface area contributed by atoms with Crippen molar-refractivity contribution in [1.82, 2.24) is 5.32 Å². The molecule has 0 saturated heterocycles. The predicted molar refractivity (Wildman–Crippen MR) is 75.3 cm³/mol. The van der Waals surface area contributed by atoms with Gasteiger partial charge in [0.1, 0.15) is 6.04 Å². The molecule has 1 atom stereocenters. The van der Waals surface area contributed by atoms with Gasteiger partial charge in [0.05, 0.1) is 11.5 Å². The molecule has 1 rings (SSSR count). The van der Waals surface area contributed by atoms with Crippen LogP contribution in [0.15, 0.2) is 24.3 Å². The normalized spacial score (nSPS) is 11.9. The summed E-state index contributed by atoms with van der Waals surface area (Å²) in [5.74, 6) is -0.253. The number of nitro benzene ring substituents is 1. The van der Waals surface area contributed by atoms with Crippen molar-refractivity contribution in [2.45, 2.75) is 39.3 Å². The molecular weight excluding hydrogens is 260 g/mol. The van der Waals surface area contributed by atoms with Gasteiger partial charge >= 0.3 is 5.97 Å². The van der Waals surface area contributed by atoms with Gasteiger partial charge in [0.25, 0.3) is 5.69 Å². The van der Waals surface area contributed by atoms with Crippen LogP contribution < -0.4 is 5.32 Å². The summed E-state index contributed by atoms with van der Waals surface area (Å²) < 4.78 is 5.00. The molecule has 0 heterocycles. The van der Waals surface area contributed by atoms with E-state index in [2.05, 4.69) is 5.32 Å². The van der Waals surface area contributed by atoms with Crippen molar-refractivity contribution in [2.75, 3.05) is 6.61 Å². The minimum absolute atomic E-state index is 0.0595. The van der Waals surface area contributed by atoms with Gasteiger partial charge in [-0.3, -0.25) is 14.9 Å². The van der Waals surface area contributed by atoms with E-state index in [4.69, 9.17) is 4.74 Å². The van der Waals surface area contributed by atoms with Crippen molar-refractivity contribution in [3.8, 4) is 0 Å². The first-order valence-corrected chi connectivity index (χ1v) is 6.71. The summed E-state index contributed by atoms with van der Waals surface area (Å²) in [6.07, 6.45) is 1.57. The van der Waals surface area contributed by atoms with Gasteiger partial charge in [-0.25, -0.2) is 0 Å². The maximum absolute atomic E-state index is 11.7. The third-order valence-electron chi connectivity index (χ3n) is 2.85. The van der Waals surface area contributed by atoms with Crippen LogP contribution in [0.1, 0.15) is 32.3 Å². The van der Waals surface area contributed by atoms with E-state index in [0.29, 0.717) is 19.6 Å². The van der Waals surface area contributed by atoms with Gasteiger partial charge in [-0.1, -0.05) is 25.5 Å². The molecule has 0 saturated carbocycles. The Hall–Kier alpha value is -1.95. The lowest BCUT2D eigenvalue weighted by Crippen LogP contribution is -2.37. The van der Waals surface area contributed by atoms with Crippen LogP contribution in [-0.2, 0) is 16.1 Å². The average molecular weight is 280 g/mol. The van der Waals surface area contributed by atoms with Crippen LogP contribution in [0.2, 0.25) is 0 Å². The van der Waals surface area contributed by atoms with Crippen LogP contribution in [0.4, 0.5) is 5.69 Å². The lowest BCUT2D eigenvalue weighted by Gasteiger charge is -2.16. The number of benzene rings is 1. The number of esters is 1. The summed E-state index contributed by atoms with van der Waals surface area (Å²) in [4.78, 5) is 21.8. The second-order valence-electron chi connectivity index (χ2n) is 4.40. The number of non-ortho nitro benzene ring substituents is 1. The molecule has 0 fully saturated rings. The van der Waals surface area contributed by atoms with Crippen LogP contribution in [0.3, 0.4) is 0 Å². The molecule has 1 aromatic carbocycles. The second kappa shape index (κ2) is 8.27. The predicted octanol–water partition coefficient (Wildman–Crippen LogP) is 2.42. The Morgan fingerprint density at radius 2 is 2.00 bits per heavy atom. The number of nitrogens with zero attached hydrogens (tertiary/aromatic N) is 1. The van der Waals surface area contributed by atoms with E-state index in [0.717, 1.165) is 12.0 Å². The van der Waals surface area contributed by atoms with Crippen molar-refractivity contribution in [1.29, 1.82) is 0 Å². The largest absolute Gasteiger partial charge is 0.465 e. The van der Waals surface area contributed by atoms with Crippen LogP contribution >= 0.6 is 0 Å². The number of rotatable bonds is 8.